The van der Waals surface area contributed by atoms with E-state index in [4.69, 9.17) is 37.9 Å². The molecule has 13 nitrogen and oxygen atoms in total. The average molecular weight is 1240 g/mol. The maximum absolute atomic E-state index is 15.2. The molecule has 484 valence electrons. The van der Waals surface area contributed by atoms with Crippen LogP contribution in [0.15, 0.2) is 103 Å². The van der Waals surface area contributed by atoms with Crippen molar-refractivity contribution >= 4 is 29.7 Å². The fourth-order valence-corrected chi connectivity index (χ4v) is 11.4. The van der Waals surface area contributed by atoms with E-state index >= 15 is 26.3 Å². The Morgan fingerprint density at radius 3 is 1.20 bits per heavy atom. The molecule has 0 amide bonds. The van der Waals surface area contributed by atoms with Gasteiger partial charge in [-0.15, -0.1) is 0 Å². The SMILES string of the molecule is CCCCCCCCCCCC[C@@H](OC(=O)[C@](OC)(c1ccccc1)C(F)(F)F)[C@H]1CC[C@@H]([C@@H](CCCCCC(=O)CCCC[C@H](CC2=C[C@H](C)OC2=O)OC(=O)[C@](OC)(c2ccccc2)C(F)(F)F)OC(=O)[C@](OC)(c2ccccc2)C(F)(F)F)O1. The van der Waals surface area contributed by atoms with Crippen molar-refractivity contribution in [1.82, 2.24) is 0 Å². The van der Waals surface area contributed by atoms with E-state index in [1.807, 2.05) is 0 Å². The van der Waals surface area contributed by atoms with Crippen molar-refractivity contribution in [1.29, 1.82) is 0 Å². The van der Waals surface area contributed by atoms with Crippen LogP contribution in [0.3, 0.4) is 0 Å². The van der Waals surface area contributed by atoms with Crippen LogP contribution < -0.4 is 0 Å². The molecular formula is C65H83F9O13. The third-order valence-corrected chi connectivity index (χ3v) is 16.2. The Morgan fingerprint density at radius 1 is 0.494 bits per heavy atom. The lowest BCUT2D eigenvalue weighted by Crippen LogP contribution is -2.53. The van der Waals surface area contributed by atoms with Crippen LogP contribution in [0.5, 0.6) is 0 Å². The summed E-state index contributed by atoms with van der Waals surface area (Å²) in [6, 6.07) is 18.7. The van der Waals surface area contributed by atoms with Crippen LogP contribution in [0, 0.1) is 0 Å². The zero-order chi connectivity index (χ0) is 63.9. The molecule has 87 heavy (non-hydrogen) atoms. The lowest BCUT2D eigenvalue weighted by Gasteiger charge is -2.36. The molecule has 2 heterocycles. The number of cyclic esters (lactones) is 1. The van der Waals surface area contributed by atoms with Gasteiger partial charge in [0.25, 0.3) is 16.8 Å². The number of halogens is 9. The molecule has 0 N–H and O–H groups in total. The first-order chi connectivity index (χ1) is 41.4. The number of rotatable bonds is 38. The summed E-state index contributed by atoms with van der Waals surface area (Å²) in [7, 11) is 2.20. The van der Waals surface area contributed by atoms with Crippen molar-refractivity contribution in [3.8, 4) is 0 Å². The molecule has 0 aromatic heterocycles. The van der Waals surface area contributed by atoms with E-state index in [0.29, 0.717) is 19.3 Å². The third kappa shape index (κ3) is 18.6. The molecule has 22 heteroatoms. The van der Waals surface area contributed by atoms with E-state index < -0.39 is 113 Å². The van der Waals surface area contributed by atoms with Gasteiger partial charge in [0, 0.05) is 62.9 Å². The molecule has 0 unspecified atom stereocenters. The summed E-state index contributed by atoms with van der Waals surface area (Å²) in [6.45, 7) is 3.72. The van der Waals surface area contributed by atoms with Gasteiger partial charge in [-0.2, -0.15) is 39.5 Å². The Morgan fingerprint density at radius 2 is 0.839 bits per heavy atom. The third-order valence-electron chi connectivity index (χ3n) is 16.2. The van der Waals surface area contributed by atoms with E-state index in [1.54, 1.807) is 6.92 Å². The zero-order valence-electron chi connectivity index (χ0n) is 50.2. The molecular weight excluding hydrogens is 1160 g/mol. The summed E-state index contributed by atoms with van der Waals surface area (Å²) in [4.78, 5) is 67.7. The number of carbonyl (C=O) groups is 5. The van der Waals surface area contributed by atoms with Gasteiger partial charge in [-0.1, -0.05) is 162 Å². The fourth-order valence-electron chi connectivity index (χ4n) is 11.4. The number of alkyl halides is 9. The molecule has 0 spiro atoms. The van der Waals surface area contributed by atoms with Crippen LogP contribution >= 0.6 is 0 Å². The van der Waals surface area contributed by atoms with Crippen molar-refractivity contribution in [3.05, 3.63) is 119 Å². The van der Waals surface area contributed by atoms with E-state index in [2.05, 4.69) is 6.92 Å². The van der Waals surface area contributed by atoms with E-state index in [1.165, 1.54) is 60.7 Å². The Balaban J connectivity index is 1.29. The van der Waals surface area contributed by atoms with Gasteiger partial charge in [0.15, 0.2) is 0 Å². The molecule has 1 fully saturated rings. The molecule has 0 aliphatic carbocycles. The molecule has 2 aliphatic heterocycles. The van der Waals surface area contributed by atoms with Gasteiger partial charge in [-0.25, -0.2) is 19.2 Å². The second-order valence-electron chi connectivity index (χ2n) is 22.3. The smallest absolute Gasteiger partial charge is 0.432 e. The van der Waals surface area contributed by atoms with Crippen molar-refractivity contribution in [2.75, 3.05) is 21.3 Å². The maximum atomic E-state index is 15.2. The minimum atomic E-state index is -5.35. The molecule has 9 atom stereocenters. The molecule has 1 saturated heterocycles. The largest absolute Gasteiger partial charge is 0.459 e. The lowest BCUT2D eigenvalue weighted by molar-refractivity contribution is -0.281. The minimum Gasteiger partial charge on any atom is -0.459 e. The molecule has 0 saturated carbocycles. The first kappa shape index (κ1) is 71.9. The van der Waals surface area contributed by atoms with Crippen molar-refractivity contribution in [2.45, 2.75) is 233 Å². The number of ether oxygens (including phenoxy) is 8. The first-order valence-corrected chi connectivity index (χ1v) is 30.1. The monoisotopic (exact) mass is 1240 g/mol. The quantitative estimate of drug-likeness (QED) is 0.0231. The van der Waals surface area contributed by atoms with Gasteiger partial charge < -0.3 is 37.9 Å². The number of hydrogen-bond acceptors (Lipinski definition) is 13. The van der Waals surface area contributed by atoms with Crippen LogP contribution in [-0.2, 0) is 78.7 Å². The number of Topliss-reactive ketones (excluding diaryl/α,β-unsaturated/α-hetero) is 1. The van der Waals surface area contributed by atoms with Crippen LogP contribution in [0.2, 0.25) is 0 Å². The molecule has 0 radical (unpaired) electrons. The lowest BCUT2D eigenvalue weighted by atomic mass is 9.92. The highest BCUT2D eigenvalue weighted by Gasteiger charge is 2.67. The summed E-state index contributed by atoms with van der Waals surface area (Å²) in [5, 5.41) is 0. The number of hydrogen-bond donors (Lipinski definition) is 0. The minimum absolute atomic E-state index is 0.00919. The predicted octanol–water partition coefficient (Wildman–Crippen LogP) is 15.2. The zero-order valence-corrected chi connectivity index (χ0v) is 50.2. The maximum Gasteiger partial charge on any atom is 0.432 e. The van der Waals surface area contributed by atoms with Gasteiger partial charge in [0.1, 0.15) is 30.2 Å². The van der Waals surface area contributed by atoms with E-state index in [9.17, 15) is 37.1 Å². The van der Waals surface area contributed by atoms with Crippen molar-refractivity contribution < 1.29 is 101 Å². The Hall–Kier alpha value is -5.84. The molecule has 0 bridgehead atoms. The molecule has 2 aliphatic rings. The van der Waals surface area contributed by atoms with Crippen LogP contribution in [0.25, 0.3) is 0 Å². The van der Waals surface area contributed by atoms with Crippen molar-refractivity contribution in [2.24, 2.45) is 0 Å². The van der Waals surface area contributed by atoms with E-state index in [-0.39, 0.29) is 88.4 Å². The van der Waals surface area contributed by atoms with Crippen LogP contribution in [-0.4, -0.2) is 106 Å². The van der Waals surface area contributed by atoms with Crippen molar-refractivity contribution in [3.63, 3.8) is 0 Å². The number of ketones is 1. The van der Waals surface area contributed by atoms with Gasteiger partial charge >= 0.3 is 42.4 Å². The topological polar surface area (TPSA) is 159 Å². The van der Waals surface area contributed by atoms with Gasteiger partial charge in [-0.05, 0) is 77.2 Å². The van der Waals surface area contributed by atoms with Gasteiger partial charge in [0.05, 0.1) is 12.2 Å². The van der Waals surface area contributed by atoms with E-state index in [0.717, 1.165) is 109 Å². The summed E-state index contributed by atoms with van der Waals surface area (Å²) >= 11 is 0. The van der Waals surface area contributed by atoms with Gasteiger partial charge in [-0.3, -0.25) is 4.79 Å². The second kappa shape index (κ2) is 33.7. The standard InChI is InChI=1S/C65H83F9O13/c1-6-7-8-9-10-11-12-13-14-26-39-52(86-58(78)61(81-4,64(69,70)71)48-32-21-16-22-33-48)54-41-42-55(85-54)53(87-59(79)62(82-5,65(72,73)74)49-34-23-17-24-35-49)40-27-18-25-36-50(75)37-28-29-38-51(44-46-43-45(2)83-56(46)76)84-57(77)60(80-3,63(66,67)68)47-30-19-15-20-31-47/h15-17,19-24,30-35,43,45,51-55H,6-14,18,25-29,36-42,44H2,1-5H3/t45-,51+,52+,53+,54+,55-,60+,61+,62+/m0/s1. The summed E-state index contributed by atoms with van der Waals surface area (Å²) in [6.07, 6.45) is -10.9. The second-order valence-corrected chi connectivity index (χ2v) is 22.3. The fraction of sp³-hybridized carbons (Fsp3) is 0.615. The Labute approximate surface area is 503 Å². The Kier molecular flexibility index (Phi) is 27.8. The number of benzene rings is 3. The highest BCUT2D eigenvalue weighted by molar-refractivity contribution is 5.91. The Bertz CT molecular complexity index is 2640. The highest BCUT2D eigenvalue weighted by Crippen LogP contribution is 2.47. The number of carbonyl (C=O) groups excluding carboxylic acids is 5. The van der Waals surface area contributed by atoms with Crippen LogP contribution in [0.4, 0.5) is 39.5 Å². The first-order valence-electron chi connectivity index (χ1n) is 30.1. The average Bonchev–Trinajstić information content (AvgIpc) is 1.28. The molecule has 3 aromatic carbocycles. The summed E-state index contributed by atoms with van der Waals surface area (Å²) in [5.74, 6) is -6.22. The van der Waals surface area contributed by atoms with Crippen LogP contribution in [0.1, 0.15) is 178 Å². The summed E-state index contributed by atoms with van der Waals surface area (Å²) in [5.41, 5.74) is -12.1. The highest BCUT2D eigenvalue weighted by atomic mass is 19.4. The normalized spacial score (nSPS) is 19.6. The summed E-state index contributed by atoms with van der Waals surface area (Å²) < 4.78 is 179. The molecule has 3 aromatic rings. The number of unbranched alkanes of at least 4 members (excludes halogenated alkanes) is 12. The number of methoxy groups -OCH3 is 3. The molecule has 5 rings (SSSR count). The van der Waals surface area contributed by atoms with Gasteiger partial charge in [0.2, 0.25) is 0 Å². The number of esters is 4. The predicted molar refractivity (Wildman–Crippen MR) is 302 cm³/mol.